The first-order valence-electron chi connectivity index (χ1n) is 8.36. The van der Waals surface area contributed by atoms with Gasteiger partial charge in [-0.15, -0.1) is 0 Å². The smallest absolute Gasteiger partial charge is 0.200 e. The van der Waals surface area contributed by atoms with Gasteiger partial charge in [0.2, 0.25) is 0 Å². The van der Waals surface area contributed by atoms with Gasteiger partial charge < -0.3 is 9.15 Å². The minimum Gasteiger partial charge on any atom is -0.496 e. The van der Waals surface area contributed by atoms with E-state index in [0.29, 0.717) is 33.6 Å². The van der Waals surface area contributed by atoms with Gasteiger partial charge in [0.25, 0.3) is 0 Å². The molecule has 0 aliphatic heterocycles. The number of ketones is 2. The molecule has 3 aromatic rings. The maximum atomic E-state index is 13.0. The second-order valence-corrected chi connectivity index (χ2v) is 6.09. The van der Waals surface area contributed by atoms with Crippen LogP contribution in [-0.4, -0.2) is 18.7 Å². The lowest BCUT2D eigenvalue weighted by molar-refractivity contribution is -0.113. The molecule has 1 aromatic heterocycles. The van der Waals surface area contributed by atoms with Gasteiger partial charge in [-0.2, -0.15) is 0 Å². The minimum absolute atomic E-state index is 0.0174. The van der Waals surface area contributed by atoms with E-state index in [1.54, 1.807) is 49.4 Å². The van der Waals surface area contributed by atoms with Gasteiger partial charge in [0.05, 0.1) is 23.6 Å². The summed E-state index contributed by atoms with van der Waals surface area (Å²) in [6, 6.07) is 13.1. The number of hydrogen-bond donors (Lipinski definition) is 0. The number of carbonyl (C=O) groups excluding carboxylic acids is 2. The number of benzene rings is 2. The molecule has 0 fully saturated rings. The van der Waals surface area contributed by atoms with E-state index >= 15 is 0 Å². The first kappa shape index (κ1) is 18.3. The number of carbonyl (C=O) groups is 2. The Hall–Kier alpha value is -3.47. The summed E-state index contributed by atoms with van der Waals surface area (Å²) in [5, 5.41) is 0.391. The summed E-state index contributed by atoms with van der Waals surface area (Å²) >= 11 is 0. The predicted molar refractivity (Wildman–Crippen MR) is 103 cm³/mol. The Kier molecular flexibility index (Phi) is 5.03. The van der Waals surface area contributed by atoms with Crippen LogP contribution in [0.3, 0.4) is 0 Å². The summed E-state index contributed by atoms with van der Waals surface area (Å²) in [4.78, 5) is 37.4. The first-order chi connectivity index (χ1) is 12.9. The molecule has 0 radical (unpaired) electrons. The van der Waals surface area contributed by atoms with E-state index in [9.17, 15) is 14.4 Å². The van der Waals surface area contributed by atoms with E-state index < -0.39 is 11.6 Å². The monoisotopic (exact) mass is 362 g/mol. The van der Waals surface area contributed by atoms with E-state index in [4.69, 9.17) is 9.15 Å². The molecule has 5 nitrogen and oxygen atoms in total. The third-order valence-electron chi connectivity index (χ3n) is 4.18. The standard InChI is InChI=1S/C22H18O5/c1-13-11-19(24)16-9-6-7-15(22(16)27-13)12-18(14(2)23)21(25)17-8-4-5-10-20(17)26-3/h4-12H,1-3H3. The van der Waals surface area contributed by atoms with Crippen molar-refractivity contribution in [1.29, 1.82) is 0 Å². The van der Waals surface area contributed by atoms with Crippen LogP contribution in [0.1, 0.15) is 28.6 Å². The summed E-state index contributed by atoms with van der Waals surface area (Å²) in [6.07, 6.45) is 1.46. The molecule has 0 saturated heterocycles. The summed E-state index contributed by atoms with van der Waals surface area (Å²) < 4.78 is 10.9. The van der Waals surface area contributed by atoms with Gasteiger partial charge in [0.15, 0.2) is 17.0 Å². The second-order valence-electron chi connectivity index (χ2n) is 6.09. The zero-order valence-electron chi connectivity index (χ0n) is 15.2. The van der Waals surface area contributed by atoms with Crippen molar-refractivity contribution < 1.29 is 18.7 Å². The highest BCUT2D eigenvalue weighted by molar-refractivity contribution is 6.29. The zero-order chi connectivity index (χ0) is 19.6. The molecule has 0 amide bonds. The van der Waals surface area contributed by atoms with Gasteiger partial charge in [-0.1, -0.05) is 24.3 Å². The maximum absolute atomic E-state index is 13.0. The van der Waals surface area contributed by atoms with E-state index in [0.717, 1.165) is 0 Å². The fourth-order valence-electron chi connectivity index (χ4n) is 2.89. The van der Waals surface area contributed by atoms with E-state index in [1.165, 1.54) is 26.2 Å². The summed E-state index contributed by atoms with van der Waals surface area (Å²) in [5.74, 6) is -0.00594. The third-order valence-corrected chi connectivity index (χ3v) is 4.18. The van der Waals surface area contributed by atoms with Gasteiger partial charge in [-0.25, -0.2) is 0 Å². The van der Waals surface area contributed by atoms with Crippen molar-refractivity contribution in [2.75, 3.05) is 7.11 Å². The van der Waals surface area contributed by atoms with Gasteiger partial charge in [-0.3, -0.25) is 14.4 Å². The Balaban J connectivity index is 2.21. The molecular weight excluding hydrogens is 344 g/mol. The highest BCUT2D eigenvalue weighted by atomic mass is 16.5. The van der Waals surface area contributed by atoms with Crippen molar-refractivity contribution in [1.82, 2.24) is 0 Å². The van der Waals surface area contributed by atoms with Crippen molar-refractivity contribution in [2.24, 2.45) is 0 Å². The van der Waals surface area contributed by atoms with Gasteiger partial charge in [0.1, 0.15) is 17.1 Å². The lowest BCUT2D eigenvalue weighted by Crippen LogP contribution is -2.12. The Morgan fingerprint density at radius 2 is 1.81 bits per heavy atom. The molecule has 0 aliphatic carbocycles. The molecule has 0 unspecified atom stereocenters. The number of Topliss-reactive ketones (excluding diaryl/α,β-unsaturated/α-hetero) is 2. The van der Waals surface area contributed by atoms with Crippen molar-refractivity contribution in [3.8, 4) is 5.75 Å². The van der Waals surface area contributed by atoms with Crippen LogP contribution in [0.25, 0.3) is 17.0 Å². The average Bonchev–Trinajstić information content (AvgIpc) is 2.65. The Morgan fingerprint density at radius 3 is 2.52 bits per heavy atom. The largest absolute Gasteiger partial charge is 0.496 e. The molecule has 5 heteroatoms. The summed E-state index contributed by atoms with van der Waals surface area (Å²) in [7, 11) is 1.46. The van der Waals surface area contributed by atoms with Crippen LogP contribution < -0.4 is 10.2 Å². The van der Waals surface area contributed by atoms with Gasteiger partial charge in [0, 0.05) is 11.6 Å². The Morgan fingerprint density at radius 1 is 1.07 bits per heavy atom. The molecule has 136 valence electrons. The molecular formula is C22H18O5. The fourth-order valence-corrected chi connectivity index (χ4v) is 2.89. The van der Waals surface area contributed by atoms with Gasteiger partial charge in [-0.05, 0) is 38.1 Å². The topological polar surface area (TPSA) is 73.6 Å². The molecule has 0 saturated carbocycles. The van der Waals surface area contributed by atoms with Gasteiger partial charge >= 0.3 is 0 Å². The van der Waals surface area contributed by atoms with Crippen LogP contribution in [0.15, 0.2) is 63.3 Å². The summed E-state index contributed by atoms with van der Waals surface area (Å²) in [6.45, 7) is 3.00. The zero-order valence-corrected chi connectivity index (χ0v) is 15.2. The first-order valence-corrected chi connectivity index (χ1v) is 8.36. The van der Waals surface area contributed by atoms with Crippen LogP contribution in [0.4, 0.5) is 0 Å². The maximum Gasteiger partial charge on any atom is 0.200 e. The molecule has 1 heterocycles. The Bertz CT molecular complexity index is 1130. The molecule has 0 spiro atoms. The molecule has 3 rings (SSSR count). The number of fused-ring (bicyclic) bond motifs is 1. The minimum atomic E-state index is -0.452. The van der Waals surface area contributed by atoms with Crippen molar-refractivity contribution in [2.45, 2.75) is 13.8 Å². The molecule has 0 bridgehead atoms. The number of ether oxygens (including phenoxy) is 1. The number of allylic oxidation sites excluding steroid dienone is 1. The van der Waals surface area contributed by atoms with Crippen LogP contribution in [-0.2, 0) is 4.79 Å². The number of aryl methyl sites for hydroxylation is 1. The number of rotatable bonds is 5. The van der Waals surface area contributed by atoms with Crippen molar-refractivity contribution >= 4 is 28.6 Å². The lowest BCUT2D eigenvalue weighted by atomic mass is 9.97. The van der Waals surface area contributed by atoms with Crippen LogP contribution >= 0.6 is 0 Å². The van der Waals surface area contributed by atoms with E-state index in [-0.39, 0.29) is 11.0 Å². The molecule has 2 aromatic carbocycles. The molecule has 27 heavy (non-hydrogen) atoms. The van der Waals surface area contributed by atoms with Crippen molar-refractivity contribution in [3.63, 3.8) is 0 Å². The number of hydrogen-bond acceptors (Lipinski definition) is 5. The average molecular weight is 362 g/mol. The highest BCUT2D eigenvalue weighted by Gasteiger charge is 2.20. The number of methoxy groups -OCH3 is 1. The summed E-state index contributed by atoms with van der Waals surface area (Å²) in [5.41, 5.74) is 0.927. The van der Waals surface area contributed by atoms with E-state index in [2.05, 4.69) is 0 Å². The second kappa shape index (κ2) is 7.41. The number of para-hydroxylation sites is 2. The normalized spacial score (nSPS) is 11.4. The molecule has 0 N–H and O–H groups in total. The van der Waals surface area contributed by atoms with Crippen LogP contribution in [0, 0.1) is 6.92 Å². The molecule has 0 atom stereocenters. The van der Waals surface area contributed by atoms with E-state index in [1.807, 2.05) is 0 Å². The molecule has 0 aliphatic rings. The predicted octanol–water partition coefficient (Wildman–Crippen LogP) is 3.97. The fraction of sp³-hybridized carbons (Fsp3) is 0.136. The Labute approximate surface area is 155 Å². The third kappa shape index (κ3) is 3.58. The van der Waals surface area contributed by atoms with Crippen molar-refractivity contribution in [3.05, 3.63) is 81.2 Å². The quantitative estimate of drug-likeness (QED) is 0.297. The van der Waals surface area contributed by atoms with Crippen LogP contribution in [0.5, 0.6) is 5.75 Å². The highest BCUT2D eigenvalue weighted by Crippen LogP contribution is 2.25. The van der Waals surface area contributed by atoms with Crippen LogP contribution in [0.2, 0.25) is 0 Å². The SMILES string of the molecule is COc1ccccc1C(=O)C(=Cc1cccc2c(=O)cc(C)oc12)C(C)=O. The lowest BCUT2D eigenvalue weighted by Gasteiger charge is -2.09.